The maximum absolute atomic E-state index is 13.3. The van der Waals surface area contributed by atoms with Crippen LogP contribution in [0.1, 0.15) is 5.82 Å². The van der Waals surface area contributed by atoms with Crippen LogP contribution in [-0.2, 0) is 10.0 Å². The second kappa shape index (κ2) is 7.96. The van der Waals surface area contributed by atoms with Gasteiger partial charge in [0.15, 0.2) is 0 Å². The fourth-order valence-electron chi connectivity index (χ4n) is 3.16. The van der Waals surface area contributed by atoms with E-state index in [1.807, 2.05) is 0 Å². The molecule has 0 atom stereocenters. The monoisotopic (exact) mass is 477 g/mol. The Morgan fingerprint density at radius 3 is 2.45 bits per heavy atom. The number of benzene rings is 3. The molecule has 0 aliphatic carbocycles. The summed E-state index contributed by atoms with van der Waals surface area (Å²) in [6, 6.07) is 14.1. The minimum atomic E-state index is -4.06. The second-order valence-electron chi connectivity index (χ2n) is 6.67. The van der Waals surface area contributed by atoms with Crippen molar-refractivity contribution in [2.45, 2.75) is 11.8 Å². The second-order valence-corrected chi connectivity index (χ2v) is 9.10. The van der Waals surface area contributed by atoms with E-state index in [9.17, 15) is 17.6 Å². The number of halogens is 3. The molecule has 0 bridgehead atoms. The average molecular weight is 478 g/mol. The van der Waals surface area contributed by atoms with Gasteiger partial charge in [-0.15, -0.1) is 0 Å². The van der Waals surface area contributed by atoms with Crippen LogP contribution in [-0.4, -0.2) is 18.0 Å². The first-order chi connectivity index (χ1) is 14.7. The molecule has 3 aromatic carbocycles. The van der Waals surface area contributed by atoms with E-state index in [1.54, 1.807) is 6.92 Å². The van der Waals surface area contributed by atoms with Crippen LogP contribution in [0, 0.1) is 12.7 Å². The first-order valence-electron chi connectivity index (χ1n) is 8.93. The van der Waals surface area contributed by atoms with Gasteiger partial charge in [0.1, 0.15) is 16.5 Å². The molecule has 10 heteroatoms. The SMILES string of the molecule is Cc1nc2ccc(NS(=O)(=O)c3cccc(Cl)c3Cl)cc2c(=O)n1-c1ccc(F)cc1. The summed E-state index contributed by atoms with van der Waals surface area (Å²) in [5, 5.41) is 0.186. The zero-order chi connectivity index (χ0) is 22.3. The van der Waals surface area contributed by atoms with Crippen molar-refractivity contribution in [3.05, 3.63) is 92.7 Å². The van der Waals surface area contributed by atoms with Gasteiger partial charge in [-0.3, -0.25) is 14.1 Å². The minimum absolute atomic E-state index is 0.102. The van der Waals surface area contributed by atoms with E-state index in [-0.39, 0.29) is 26.0 Å². The summed E-state index contributed by atoms with van der Waals surface area (Å²) in [7, 11) is -4.06. The highest BCUT2D eigenvalue weighted by atomic mass is 35.5. The molecule has 4 aromatic rings. The van der Waals surface area contributed by atoms with Gasteiger partial charge in [0.05, 0.1) is 26.6 Å². The van der Waals surface area contributed by atoms with Crippen molar-refractivity contribution in [2.75, 3.05) is 4.72 Å². The molecule has 1 heterocycles. The number of hydrogen-bond donors (Lipinski definition) is 1. The van der Waals surface area contributed by atoms with E-state index in [2.05, 4.69) is 9.71 Å². The highest BCUT2D eigenvalue weighted by Gasteiger charge is 2.20. The van der Waals surface area contributed by atoms with Crippen LogP contribution in [0.15, 0.2) is 70.4 Å². The lowest BCUT2D eigenvalue weighted by molar-refractivity contribution is 0.601. The topological polar surface area (TPSA) is 81.1 Å². The van der Waals surface area contributed by atoms with E-state index in [0.29, 0.717) is 17.0 Å². The summed E-state index contributed by atoms with van der Waals surface area (Å²) >= 11 is 12.0. The molecular weight excluding hydrogens is 464 g/mol. The Labute approximate surface area is 186 Å². The van der Waals surface area contributed by atoms with Gasteiger partial charge in [0, 0.05) is 5.69 Å². The van der Waals surface area contributed by atoms with Crippen LogP contribution in [0.4, 0.5) is 10.1 Å². The Bertz CT molecular complexity index is 1490. The lowest BCUT2D eigenvalue weighted by atomic mass is 10.2. The molecule has 0 aliphatic heterocycles. The minimum Gasteiger partial charge on any atom is -0.280 e. The smallest absolute Gasteiger partial charge is 0.266 e. The normalized spacial score (nSPS) is 11.6. The molecule has 6 nitrogen and oxygen atoms in total. The third kappa shape index (κ3) is 4.01. The van der Waals surface area contributed by atoms with Crippen molar-refractivity contribution in [3.63, 3.8) is 0 Å². The van der Waals surface area contributed by atoms with Gasteiger partial charge in [-0.1, -0.05) is 29.3 Å². The number of fused-ring (bicyclic) bond motifs is 1. The summed E-state index contributed by atoms with van der Waals surface area (Å²) in [5.74, 6) is -0.0253. The Morgan fingerprint density at radius 1 is 1.03 bits per heavy atom. The molecule has 1 N–H and O–H groups in total. The number of anilines is 1. The molecule has 0 saturated carbocycles. The van der Waals surface area contributed by atoms with Gasteiger partial charge in [-0.25, -0.2) is 17.8 Å². The number of hydrogen-bond acceptors (Lipinski definition) is 4. The molecule has 0 fully saturated rings. The van der Waals surface area contributed by atoms with Crippen molar-refractivity contribution >= 4 is 49.8 Å². The quantitative estimate of drug-likeness (QED) is 0.451. The van der Waals surface area contributed by atoms with Gasteiger partial charge >= 0.3 is 0 Å². The number of nitrogens with one attached hydrogen (secondary N) is 1. The predicted molar refractivity (Wildman–Crippen MR) is 119 cm³/mol. The summed E-state index contributed by atoms with van der Waals surface area (Å²) in [4.78, 5) is 17.4. The first-order valence-corrected chi connectivity index (χ1v) is 11.2. The van der Waals surface area contributed by atoms with Gasteiger partial charge in [0.25, 0.3) is 15.6 Å². The number of nitrogens with zero attached hydrogens (tertiary/aromatic N) is 2. The third-order valence-electron chi connectivity index (χ3n) is 4.58. The molecular formula is C21H14Cl2FN3O3S. The fraction of sp³-hybridized carbons (Fsp3) is 0.0476. The molecule has 0 aliphatic rings. The third-order valence-corrected chi connectivity index (χ3v) is 6.93. The molecule has 0 amide bonds. The Hall–Kier alpha value is -2.94. The molecule has 0 radical (unpaired) electrons. The summed E-state index contributed by atoms with van der Waals surface area (Å²) in [6.07, 6.45) is 0. The van der Waals surface area contributed by atoms with Crippen LogP contribution in [0.2, 0.25) is 10.0 Å². The maximum atomic E-state index is 13.3. The standard InChI is InChI=1S/C21H14Cl2FN3O3S/c1-12-25-18-10-7-14(26-31(29,30)19-4-2-3-17(22)20(19)23)11-16(18)21(28)27(12)15-8-5-13(24)6-9-15/h2-11,26H,1H3. The van der Waals surface area contributed by atoms with E-state index in [4.69, 9.17) is 23.2 Å². The Balaban J connectivity index is 1.81. The molecule has 1 aromatic heterocycles. The maximum Gasteiger partial charge on any atom is 0.266 e. The number of aryl methyl sites for hydroxylation is 1. The molecule has 0 unspecified atom stereocenters. The first kappa shape index (κ1) is 21.3. The number of aromatic nitrogens is 2. The van der Waals surface area contributed by atoms with Crippen molar-refractivity contribution in [2.24, 2.45) is 0 Å². The molecule has 4 rings (SSSR count). The zero-order valence-electron chi connectivity index (χ0n) is 15.9. The van der Waals surface area contributed by atoms with Crippen LogP contribution >= 0.6 is 23.2 Å². The van der Waals surface area contributed by atoms with Crippen molar-refractivity contribution < 1.29 is 12.8 Å². The van der Waals surface area contributed by atoms with E-state index in [0.717, 1.165) is 0 Å². The fourth-order valence-corrected chi connectivity index (χ4v) is 4.97. The van der Waals surface area contributed by atoms with Crippen LogP contribution in [0.25, 0.3) is 16.6 Å². The van der Waals surface area contributed by atoms with E-state index in [1.165, 1.54) is 65.2 Å². The zero-order valence-corrected chi connectivity index (χ0v) is 18.3. The van der Waals surface area contributed by atoms with Crippen LogP contribution in [0.5, 0.6) is 0 Å². The number of rotatable bonds is 4. The molecule has 0 saturated heterocycles. The van der Waals surface area contributed by atoms with Gasteiger partial charge in [-0.2, -0.15) is 0 Å². The van der Waals surface area contributed by atoms with E-state index >= 15 is 0 Å². The van der Waals surface area contributed by atoms with Crippen molar-refractivity contribution in [1.82, 2.24) is 9.55 Å². The van der Waals surface area contributed by atoms with Crippen molar-refractivity contribution in [1.29, 1.82) is 0 Å². The average Bonchev–Trinajstić information content (AvgIpc) is 2.71. The van der Waals surface area contributed by atoms with Gasteiger partial charge in [0.2, 0.25) is 0 Å². The molecule has 158 valence electrons. The largest absolute Gasteiger partial charge is 0.280 e. The highest BCUT2D eigenvalue weighted by Crippen LogP contribution is 2.30. The van der Waals surface area contributed by atoms with Crippen LogP contribution < -0.4 is 10.3 Å². The lowest BCUT2D eigenvalue weighted by Crippen LogP contribution is -2.22. The highest BCUT2D eigenvalue weighted by molar-refractivity contribution is 7.92. The van der Waals surface area contributed by atoms with Crippen molar-refractivity contribution in [3.8, 4) is 5.69 Å². The summed E-state index contributed by atoms with van der Waals surface area (Å²) in [5.41, 5.74) is 0.562. The molecule has 31 heavy (non-hydrogen) atoms. The Kier molecular flexibility index (Phi) is 5.47. The van der Waals surface area contributed by atoms with Crippen LogP contribution in [0.3, 0.4) is 0 Å². The van der Waals surface area contributed by atoms with Gasteiger partial charge in [-0.05, 0) is 61.5 Å². The summed E-state index contributed by atoms with van der Waals surface area (Å²) < 4.78 is 42.6. The van der Waals surface area contributed by atoms with E-state index < -0.39 is 21.4 Å². The lowest BCUT2D eigenvalue weighted by Gasteiger charge is -2.13. The molecule has 0 spiro atoms. The number of sulfonamides is 1. The Morgan fingerprint density at radius 2 is 1.74 bits per heavy atom. The summed E-state index contributed by atoms with van der Waals surface area (Å²) in [6.45, 7) is 1.65. The van der Waals surface area contributed by atoms with Gasteiger partial charge < -0.3 is 0 Å². The predicted octanol–water partition coefficient (Wildman–Crippen LogP) is 4.94.